The number of hydrogen-bond donors (Lipinski definition) is 2. The van der Waals surface area contributed by atoms with Crippen LogP contribution in [0.2, 0.25) is 0 Å². The SMILES string of the molecule is Nc1ccccc1OCCN(CCO)C1CCCCC1. The smallest absolute Gasteiger partial charge is 0.142 e. The topological polar surface area (TPSA) is 58.7 Å². The molecule has 0 saturated heterocycles. The summed E-state index contributed by atoms with van der Waals surface area (Å²) in [7, 11) is 0. The first kappa shape index (κ1) is 15.1. The summed E-state index contributed by atoms with van der Waals surface area (Å²) < 4.78 is 5.76. The van der Waals surface area contributed by atoms with Crippen LogP contribution < -0.4 is 10.5 Å². The lowest BCUT2D eigenvalue weighted by molar-refractivity contribution is 0.106. The van der Waals surface area contributed by atoms with Crippen molar-refractivity contribution in [2.45, 2.75) is 38.1 Å². The number of hydrogen-bond acceptors (Lipinski definition) is 4. The van der Waals surface area contributed by atoms with E-state index >= 15 is 0 Å². The van der Waals surface area contributed by atoms with Gasteiger partial charge in [-0.3, -0.25) is 4.90 Å². The summed E-state index contributed by atoms with van der Waals surface area (Å²) >= 11 is 0. The first-order chi connectivity index (χ1) is 9.81. The number of aliphatic hydroxyl groups excluding tert-OH is 1. The van der Waals surface area contributed by atoms with E-state index in [-0.39, 0.29) is 6.61 Å². The molecule has 1 aliphatic carbocycles. The zero-order valence-corrected chi connectivity index (χ0v) is 12.1. The molecule has 0 unspecified atom stereocenters. The van der Waals surface area contributed by atoms with Crippen LogP contribution in [-0.2, 0) is 0 Å². The van der Waals surface area contributed by atoms with Gasteiger partial charge in [0, 0.05) is 19.1 Å². The number of nitrogen functional groups attached to an aromatic ring is 1. The fourth-order valence-corrected chi connectivity index (χ4v) is 2.94. The normalized spacial score (nSPS) is 16.5. The van der Waals surface area contributed by atoms with Crippen molar-refractivity contribution in [2.24, 2.45) is 0 Å². The van der Waals surface area contributed by atoms with Crippen LogP contribution in [0, 0.1) is 0 Å². The highest BCUT2D eigenvalue weighted by Crippen LogP contribution is 2.23. The molecule has 0 aromatic heterocycles. The van der Waals surface area contributed by atoms with E-state index in [2.05, 4.69) is 4.90 Å². The number of benzene rings is 1. The van der Waals surface area contributed by atoms with Gasteiger partial charge in [0.1, 0.15) is 12.4 Å². The Kier molecular flexibility index (Phi) is 6.15. The number of anilines is 1. The Bertz CT molecular complexity index is 392. The summed E-state index contributed by atoms with van der Waals surface area (Å²) in [4.78, 5) is 2.36. The second-order valence-corrected chi connectivity index (χ2v) is 5.44. The summed E-state index contributed by atoms with van der Waals surface area (Å²) in [5.41, 5.74) is 6.54. The van der Waals surface area contributed by atoms with Gasteiger partial charge in [-0.2, -0.15) is 0 Å². The molecule has 2 rings (SSSR count). The van der Waals surface area contributed by atoms with Gasteiger partial charge in [-0.15, -0.1) is 0 Å². The van der Waals surface area contributed by atoms with E-state index in [4.69, 9.17) is 10.5 Å². The molecular weight excluding hydrogens is 252 g/mol. The monoisotopic (exact) mass is 278 g/mol. The summed E-state index contributed by atoms with van der Waals surface area (Å²) in [6.45, 7) is 2.41. The molecule has 0 atom stereocenters. The van der Waals surface area contributed by atoms with Crippen LogP contribution in [0.1, 0.15) is 32.1 Å². The second kappa shape index (κ2) is 8.12. The first-order valence-corrected chi connectivity index (χ1v) is 7.63. The highest BCUT2D eigenvalue weighted by atomic mass is 16.5. The van der Waals surface area contributed by atoms with Crippen LogP contribution in [0.5, 0.6) is 5.75 Å². The lowest BCUT2D eigenvalue weighted by Gasteiger charge is -2.33. The molecule has 1 aromatic carbocycles. The lowest BCUT2D eigenvalue weighted by Crippen LogP contribution is -2.41. The Balaban J connectivity index is 1.81. The van der Waals surface area contributed by atoms with Crippen molar-refractivity contribution in [1.82, 2.24) is 4.90 Å². The van der Waals surface area contributed by atoms with Gasteiger partial charge in [0.25, 0.3) is 0 Å². The highest BCUT2D eigenvalue weighted by molar-refractivity contribution is 5.51. The third-order valence-corrected chi connectivity index (χ3v) is 4.03. The van der Waals surface area contributed by atoms with Crippen LogP contribution in [-0.4, -0.2) is 42.4 Å². The minimum absolute atomic E-state index is 0.212. The molecule has 4 nitrogen and oxygen atoms in total. The Morgan fingerprint density at radius 3 is 2.60 bits per heavy atom. The summed E-state index contributed by atoms with van der Waals surface area (Å²) in [6.07, 6.45) is 6.44. The molecule has 0 bridgehead atoms. The Morgan fingerprint density at radius 1 is 1.15 bits per heavy atom. The fourth-order valence-electron chi connectivity index (χ4n) is 2.94. The summed E-state index contributed by atoms with van der Waals surface area (Å²) in [6, 6.07) is 8.18. The average Bonchev–Trinajstić information content (AvgIpc) is 2.49. The number of nitrogens with zero attached hydrogens (tertiary/aromatic N) is 1. The van der Waals surface area contributed by atoms with Gasteiger partial charge in [-0.05, 0) is 25.0 Å². The van der Waals surface area contributed by atoms with Gasteiger partial charge in [-0.25, -0.2) is 0 Å². The van der Waals surface area contributed by atoms with E-state index in [0.29, 0.717) is 18.3 Å². The maximum absolute atomic E-state index is 9.23. The van der Waals surface area contributed by atoms with E-state index in [1.54, 1.807) is 0 Å². The minimum atomic E-state index is 0.212. The maximum atomic E-state index is 9.23. The van der Waals surface area contributed by atoms with Crippen LogP contribution in [0.15, 0.2) is 24.3 Å². The van der Waals surface area contributed by atoms with Crippen molar-refractivity contribution in [2.75, 3.05) is 32.0 Å². The second-order valence-electron chi connectivity index (χ2n) is 5.44. The van der Waals surface area contributed by atoms with Crippen molar-refractivity contribution >= 4 is 5.69 Å². The van der Waals surface area contributed by atoms with Gasteiger partial charge < -0.3 is 15.6 Å². The first-order valence-electron chi connectivity index (χ1n) is 7.63. The van der Waals surface area contributed by atoms with Crippen molar-refractivity contribution < 1.29 is 9.84 Å². The van der Waals surface area contributed by atoms with Gasteiger partial charge in [-0.1, -0.05) is 31.4 Å². The zero-order chi connectivity index (χ0) is 14.2. The molecule has 0 spiro atoms. The van der Waals surface area contributed by atoms with Crippen LogP contribution >= 0.6 is 0 Å². The predicted molar refractivity (Wildman–Crippen MR) is 81.9 cm³/mol. The average molecular weight is 278 g/mol. The predicted octanol–water partition coefficient (Wildman–Crippen LogP) is 2.27. The molecule has 20 heavy (non-hydrogen) atoms. The number of ether oxygens (including phenoxy) is 1. The Morgan fingerprint density at radius 2 is 1.90 bits per heavy atom. The van der Waals surface area contributed by atoms with E-state index in [1.165, 1.54) is 32.1 Å². The third-order valence-electron chi connectivity index (χ3n) is 4.03. The van der Waals surface area contributed by atoms with E-state index in [0.717, 1.165) is 18.8 Å². The minimum Gasteiger partial charge on any atom is -0.490 e. The molecule has 0 radical (unpaired) electrons. The molecule has 1 fully saturated rings. The molecule has 3 N–H and O–H groups in total. The van der Waals surface area contributed by atoms with Gasteiger partial charge in [0.2, 0.25) is 0 Å². The van der Waals surface area contributed by atoms with Crippen LogP contribution in [0.25, 0.3) is 0 Å². The Labute approximate surface area is 121 Å². The molecule has 1 aromatic rings. The van der Waals surface area contributed by atoms with Crippen molar-refractivity contribution in [3.8, 4) is 5.75 Å². The highest BCUT2D eigenvalue weighted by Gasteiger charge is 2.20. The molecule has 1 saturated carbocycles. The van der Waals surface area contributed by atoms with Gasteiger partial charge in [0.15, 0.2) is 0 Å². The molecule has 4 heteroatoms. The van der Waals surface area contributed by atoms with Crippen molar-refractivity contribution in [3.63, 3.8) is 0 Å². The van der Waals surface area contributed by atoms with Gasteiger partial charge >= 0.3 is 0 Å². The van der Waals surface area contributed by atoms with Gasteiger partial charge in [0.05, 0.1) is 12.3 Å². The number of nitrogens with two attached hydrogens (primary N) is 1. The fraction of sp³-hybridized carbons (Fsp3) is 0.625. The maximum Gasteiger partial charge on any atom is 0.142 e. The van der Waals surface area contributed by atoms with Crippen LogP contribution in [0.3, 0.4) is 0 Å². The lowest BCUT2D eigenvalue weighted by atomic mass is 9.94. The van der Waals surface area contributed by atoms with E-state index in [1.807, 2.05) is 24.3 Å². The molecule has 0 heterocycles. The molecule has 0 amide bonds. The molecular formula is C16H26N2O2. The zero-order valence-electron chi connectivity index (χ0n) is 12.1. The molecule has 1 aliphatic rings. The molecule has 0 aliphatic heterocycles. The number of para-hydroxylation sites is 2. The van der Waals surface area contributed by atoms with Crippen molar-refractivity contribution in [1.29, 1.82) is 0 Å². The Hall–Kier alpha value is -1.26. The third kappa shape index (κ3) is 4.39. The summed E-state index contributed by atoms with van der Waals surface area (Å²) in [5.74, 6) is 0.750. The number of rotatable bonds is 7. The number of aliphatic hydroxyl groups is 1. The quantitative estimate of drug-likeness (QED) is 0.751. The standard InChI is InChI=1S/C16H26N2O2/c17-15-8-4-5-9-16(15)20-13-11-18(10-12-19)14-6-2-1-3-7-14/h4-5,8-9,14,19H,1-3,6-7,10-13,17H2. The van der Waals surface area contributed by atoms with E-state index < -0.39 is 0 Å². The van der Waals surface area contributed by atoms with Crippen molar-refractivity contribution in [3.05, 3.63) is 24.3 Å². The van der Waals surface area contributed by atoms with Crippen LogP contribution in [0.4, 0.5) is 5.69 Å². The van der Waals surface area contributed by atoms with E-state index in [9.17, 15) is 5.11 Å². The summed E-state index contributed by atoms with van der Waals surface area (Å²) in [5, 5.41) is 9.23. The molecule has 112 valence electrons. The largest absolute Gasteiger partial charge is 0.490 e.